The van der Waals surface area contributed by atoms with E-state index in [9.17, 15) is 9.59 Å². The van der Waals surface area contributed by atoms with Crippen molar-refractivity contribution in [1.82, 2.24) is 19.8 Å². The van der Waals surface area contributed by atoms with Crippen molar-refractivity contribution in [3.63, 3.8) is 0 Å². The molecule has 9 nitrogen and oxygen atoms in total. The van der Waals surface area contributed by atoms with Crippen molar-refractivity contribution in [2.24, 2.45) is 7.05 Å². The first-order valence-electron chi connectivity index (χ1n) is 7.42. The van der Waals surface area contributed by atoms with Gasteiger partial charge in [-0.2, -0.15) is 9.36 Å². The van der Waals surface area contributed by atoms with E-state index in [0.29, 0.717) is 28.4 Å². The Bertz CT molecular complexity index is 1010. The molecule has 4 rings (SSSR count). The Hall–Kier alpha value is -3.62. The minimum absolute atomic E-state index is 0.156. The highest BCUT2D eigenvalue weighted by Gasteiger charge is 2.16. The van der Waals surface area contributed by atoms with E-state index in [1.165, 1.54) is 11.7 Å². The molecule has 1 amide bonds. The van der Waals surface area contributed by atoms with Gasteiger partial charge in [-0.3, -0.25) is 4.79 Å². The first kappa shape index (κ1) is 14.9. The number of fused-ring (bicyclic) bond motifs is 1. The molecule has 2 heterocycles. The SMILES string of the molecule is Cn1nnn(-c2ccc(NC(=O)c3ccc4c(c3)OCO4)cc2)c1=O. The summed E-state index contributed by atoms with van der Waals surface area (Å²) in [5.41, 5.74) is 1.25. The van der Waals surface area contributed by atoms with E-state index >= 15 is 0 Å². The third-order valence-corrected chi connectivity index (χ3v) is 3.73. The molecule has 126 valence electrons. The molecule has 0 spiro atoms. The highest BCUT2D eigenvalue weighted by Crippen LogP contribution is 2.32. The number of amides is 1. The zero-order valence-electron chi connectivity index (χ0n) is 13.2. The summed E-state index contributed by atoms with van der Waals surface area (Å²) < 4.78 is 12.8. The Morgan fingerprint density at radius 2 is 1.84 bits per heavy atom. The van der Waals surface area contributed by atoms with E-state index in [-0.39, 0.29) is 18.4 Å². The average molecular weight is 339 g/mol. The molecule has 9 heteroatoms. The van der Waals surface area contributed by atoms with Gasteiger partial charge in [0.1, 0.15) is 0 Å². The van der Waals surface area contributed by atoms with Crippen LogP contribution in [0.2, 0.25) is 0 Å². The number of tetrazole rings is 1. The molecular weight excluding hydrogens is 326 g/mol. The van der Waals surface area contributed by atoms with Crippen LogP contribution < -0.4 is 20.5 Å². The van der Waals surface area contributed by atoms with Crippen LogP contribution in [0, 0.1) is 0 Å². The largest absolute Gasteiger partial charge is 0.454 e. The van der Waals surface area contributed by atoms with E-state index < -0.39 is 0 Å². The molecule has 0 saturated heterocycles. The molecule has 0 fully saturated rings. The number of anilines is 1. The van der Waals surface area contributed by atoms with Crippen LogP contribution in [0.5, 0.6) is 11.5 Å². The van der Waals surface area contributed by atoms with Crippen LogP contribution >= 0.6 is 0 Å². The number of hydrogen-bond acceptors (Lipinski definition) is 6. The number of hydrogen-bond donors (Lipinski definition) is 1. The standard InChI is InChI=1S/C16H13N5O4/c1-20-16(23)21(19-18-20)12-5-3-11(4-6-12)17-15(22)10-2-7-13-14(8-10)25-9-24-13/h2-8H,9H2,1H3,(H,17,22). The Morgan fingerprint density at radius 1 is 1.08 bits per heavy atom. The van der Waals surface area contributed by atoms with Crippen molar-refractivity contribution >= 4 is 11.6 Å². The molecule has 3 aromatic rings. The lowest BCUT2D eigenvalue weighted by Crippen LogP contribution is -2.21. The van der Waals surface area contributed by atoms with Gasteiger partial charge in [-0.15, -0.1) is 0 Å². The summed E-state index contributed by atoms with van der Waals surface area (Å²) in [5.74, 6) is 0.892. The van der Waals surface area contributed by atoms with Gasteiger partial charge < -0.3 is 14.8 Å². The predicted molar refractivity (Wildman–Crippen MR) is 87.1 cm³/mol. The zero-order chi connectivity index (χ0) is 17.4. The van der Waals surface area contributed by atoms with Crippen molar-refractivity contribution in [3.8, 4) is 17.2 Å². The number of aryl methyl sites for hydroxylation is 1. The monoisotopic (exact) mass is 339 g/mol. The third-order valence-electron chi connectivity index (χ3n) is 3.73. The van der Waals surface area contributed by atoms with Gasteiger partial charge in [0.15, 0.2) is 11.5 Å². The van der Waals surface area contributed by atoms with Crippen molar-refractivity contribution in [2.75, 3.05) is 12.1 Å². The number of ether oxygens (including phenoxy) is 2. The lowest BCUT2D eigenvalue weighted by atomic mass is 10.2. The lowest BCUT2D eigenvalue weighted by molar-refractivity contribution is 0.102. The minimum atomic E-state index is -0.350. The summed E-state index contributed by atoms with van der Waals surface area (Å²) in [7, 11) is 1.52. The van der Waals surface area contributed by atoms with Crippen LogP contribution in [0.4, 0.5) is 5.69 Å². The Kier molecular flexibility index (Phi) is 3.46. The topological polar surface area (TPSA) is 100 Å². The van der Waals surface area contributed by atoms with E-state index in [0.717, 1.165) is 4.68 Å². The molecule has 1 aliphatic rings. The normalized spacial score (nSPS) is 12.2. The molecular formula is C16H13N5O4. The molecule has 0 radical (unpaired) electrons. The van der Waals surface area contributed by atoms with Crippen LogP contribution in [0.25, 0.3) is 5.69 Å². The highest BCUT2D eigenvalue weighted by molar-refractivity contribution is 6.04. The quantitative estimate of drug-likeness (QED) is 0.762. The van der Waals surface area contributed by atoms with Crippen LogP contribution in [0.15, 0.2) is 47.3 Å². The molecule has 0 atom stereocenters. The fourth-order valence-corrected chi connectivity index (χ4v) is 2.40. The Morgan fingerprint density at radius 3 is 2.56 bits per heavy atom. The average Bonchev–Trinajstić information content (AvgIpc) is 3.22. The number of carbonyl (C=O) groups excluding carboxylic acids is 1. The second kappa shape index (κ2) is 5.78. The number of nitrogens with zero attached hydrogens (tertiary/aromatic N) is 4. The fraction of sp³-hybridized carbons (Fsp3) is 0.125. The summed E-state index contributed by atoms with van der Waals surface area (Å²) in [6, 6.07) is 11.7. The van der Waals surface area contributed by atoms with Gasteiger partial charge in [0.2, 0.25) is 6.79 Å². The highest BCUT2D eigenvalue weighted by atomic mass is 16.7. The molecule has 0 bridgehead atoms. The summed E-state index contributed by atoms with van der Waals surface area (Å²) in [4.78, 5) is 24.2. The summed E-state index contributed by atoms with van der Waals surface area (Å²) in [5, 5.41) is 10.2. The molecule has 0 saturated carbocycles. The van der Waals surface area contributed by atoms with Crippen LogP contribution in [0.3, 0.4) is 0 Å². The third kappa shape index (κ3) is 2.71. The summed E-state index contributed by atoms with van der Waals surface area (Å²) >= 11 is 0. The maximum Gasteiger partial charge on any atom is 0.368 e. The van der Waals surface area contributed by atoms with Crippen molar-refractivity contribution in [1.29, 1.82) is 0 Å². The Labute approximate surface area is 141 Å². The first-order chi connectivity index (χ1) is 12.1. The Balaban J connectivity index is 1.52. The van der Waals surface area contributed by atoms with Crippen LogP contribution in [-0.4, -0.2) is 32.5 Å². The number of aromatic nitrogens is 4. The van der Waals surface area contributed by atoms with Gasteiger partial charge in [0.05, 0.1) is 5.69 Å². The molecule has 0 unspecified atom stereocenters. The second-order valence-electron chi connectivity index (χ2n) is 5.37. The molecule has 2 aromatic carbocycles. The van der Waals surface area contributed by atoms with Crippen molar-refractivity contribution in [2.45, 2.75) is 0 Å². The maximum atomic E-state index is 12.3. The first-order valence-corrected chi connectivity index (χ1v) is 7.42. The van der Waals surface area contributed by atoms with Gasteiger partial charge in [0.25, 0.3) is 5.91 Å². The number of carbonyl (C=O) groups is 1. The molecule has 1 aliphatic heterocycles. The van der Waals surface area contributed by atoms with Crippen molar-refractivity contribution in [3.05, 3.63) is 58.5 Å². The number of benzene rings is 2. The molecule has 1 N–H and O–H groups in total. The molecule has 0 aliphatic carbocycles. The fourth-order valence-electron chi connectivity index (χ4n) is 2.40. The number of nitrogens with one attached hydrogen (secondary N) is 1. The minimum Gasteiger partial charge on any atom is -0.454 e. The summed E-state index contributed by atoms with van der Waals surface area (Å²) in [6.07, 6.45) is 0. The van der Waals surface area contributed by atoms with Gasteiger partial charge in [0, 0.05) is 18.3 Å². The smallest absolute Gasteiger partial charge is 0.368 e. The molecule has 1 aromatic heterocycles. The lowest BCUT2D eigenvalue weighted by Gasteiger charge is -2.07. The van der Waals surface area contributed by atoms with Gasteiger partial charge >= 0.3 is 5.69 Å². The maximum absolute atomic E-state index is 12.3. The van der Waals surface area contributed by atoms with Gasteiger partial charge in [-0.05, 0) is 52.9 Å². The van der Waals surface area contributed by atoms with Crippen molar-refractivity contribution < 1.29 is 14.3 Å². The number of rotatable bonds is 3. The zero-order valence-corrected chi connectivity index (χ0v) is 13.2. The van der Waals surface area contributed by atoms with E-state index in [1.807, 2.05) is 0 Å². The van der Waals surface area contributed by atoms with Gasteiger partial charge in [-0.1, -0.05) is 0 Å². The van der Waals surface area contributed by atoms with E-state index in [2.05, 4.69) is 15.7 Å². The van der Waals surface area contributed by atoms with Crippen LogP contribution in [-0.2, 0) is 7.05 Å². The molecule has 25 heavy (non-hydrogen) atoms. The second-order valence-corrected chi connectivity index (χ2v) is 5.37. The van der Waals surface area contributed by atoms with E-state index in [4.69, 9.17) is 9.47 Å². The predicted octanol–water partition coefficient (Wildman–Crippen LogP) is 0.947. The summed E-state index contributed by atoms with van der Waals surface area (Å²) in [6.45, 7) is 0.156. The van der Waals surface area contributed by atoms with E-state index in [1.54, 1.807) is 42.5 Å². The van der Waals surface area contributed by atoms with Gasteiger partial charge in [-0.25, -0.2) is 4.79 Å². The van der Waals surface area contributed by atoms with Crippen LogP contribution in [0.1, 0.15) is 10.4 Å².